The molecule has 104 valence electrons. The van der Waals surface area contributed by atoms with Gasteiger partial charge in [-0.2, -0.15) is 0 Å². The number of benzene rings is 1. The summed E-state index contributed by atoms with van der Waals surface area (Å²) in [7, 11) is 1.94. The van der Waals surface area contributed by atoms with Crippen molar-refractivity contribution in [3.8, 4) is 5.75 Å². The highest BCUT2D eigenvalue weighted by molar-refractivity contribution is 7.12. The fraction of sp³-hybridized carbons (Fsp3) is 0.267. The SMILES string of the molecule is CNC(c1ccc2c(c1)NC(=O)CO2)c1ccc(C)s1. The highest BCUT2D eigenvalue weighted by Gasteiger charge is 2.19. The molecule has 4 nitrogen and oxygen atoms in total. The number of rotatable bonds is 3. The maximum atomic E-state index is 11.4. The van der Waals surface area contributed by atoms with E-state index >= 15 is 0 Å². The molecule has 0 radical (unpaired) electrons. The molecule has 1 aliphatic heterocycles. The van der Waals surface area contributed by atoms with Crippen molar-refractivity contribution in [2.75, 3.05) is 19.0 Å². The third-order valence-corrected chi connectivity index (χ3v) is 4.37. The molecule has 1 atom stereocenters. The summed E-state index contributed by atoms with van der Waals surface area (Å²) in [4.78, 5) is 13.9. The van der Waals surface area contributed by atoms with Crippen molar-refractivity contribution in [1.82, 2.24) is 5.32 Å². The summed E-state index contributed by atoms with van der Waals surface area (Å²) in [6.07, 6.45) is 0. The number of hydrogen-bond donors (Lipinski definition) is 2. The van der Waals surface area contributed by atoms with Gasteiger partial charge in [-0.05, 0) is 43.8 Å². The van der Waals surface area contributed by atoms with E-state index in [0.717, 1.165) is 17.0 Å². The minimum atomic E-state index is -0.109. The van der Waals surface area contributed by atoms with Crippen LogP contribution in [0.4, 0.5) is 5.69 Å². The smallest absolute Gasteiger partial charge is 0.262 e. The van der Waals surface area contributed by atoms with Crippen LogP contribution in [0.25, 0.3) is 0 Å². The Morgan fingerprint density at radius 2 is 2.20 bits per heavy atom. The van der Waals surface area contributed by atoms with Crippen molar-refractivity contribution in [2.45, 2.75) is 13.0 Å². The summed E-state index contributed by atoms with van der Waals surface area (Å²) in [6.45, 7) is 2.19. The van der Waals surface area contributed by atoms with Crippen LogP contribution in [0.15, 0.2) is 30.3 Å². The fourth-order valence-corrected chi connectivity index (χ4v) is 3.38. The van der Waals surface area contributed by atoms with E-state index in [9.17, 15) is 4.79 Å². The average Bonchev–Trinajstić information content (AvgIpc) is 2.85. The quantitative estimate of drug-likeness (QED) is 0.913. The van der Waals surface area contributed by atoms with E-state index < -0.39 is 0 Å². The first-order valence-electron chi connectivity index (χ1n) is 6.47. The maximum Gasteiger partial charge on any atom is 0.262 e. The highest BCUT2D eigenvalue weighted by Crippen LogP contribution is 2.34. The predicted molar refractivity (Wildman–Crippen MR) is 80.5 cm³/mol. The van der Waals surface area contributed by atoms with Crippen molar-refractivity contribution >= 4 is 22.9 Å². The molecule has 2 aromatic rings. The van der Waals surface area contributed by atoms with Crippen molar-refractivity contribution in [3.63, 3.8) is 0 Å². The molecule has 0 fully saturated rings. The lowest BCUT2D eigenvalue weighted by Gasteiger charge is -2.21. The van der Waals surface area contributed by atoms with Crippen LogP contribution >= 0.6 is 11.3 Å². The third-order valence-electron chi connectivity index (χ3n) is 3.30. The van der Waals surface area contributed by atoms with Crippen molar-refractivity contribution < 1.29 is 9.53 Å². The summed E-state index contributed by atoms with van der Waals surface area (Å²) in [5.41, 5.74) is 1.85. The zero-order chi connectivity index (χ0) is 14.1. The molecule has 0 saturated heterocycles. The first-order chi connectivity index (χ1) is 9.67. The van der Waals surface area contributed by atoms with Gasteiger partial charge in [0.05, 0.1) is 11.7 Å². The van der Waals surface area contributed by atoms with Crippen LogP contribution in [-0.2, 0) is 4.79 Å². The van der Waals surface area contributed by atoms with Gasteiger partial charge >= 0.3 is 0 Å². The first kappa shape index (κ1) is 13.1. The minimum Gasteiger partial charge on any atom is -0.482 e. The molecular formula is C15H16N2O2S. The Kier molecular flexibility index (Phi) is 3.46. The van der Waals surface area contributed by atoms with Gasteiger partial charge in [-0.1, -0.05) is 6.07 Å². The molecule has 5 heteroatoms. The van der Waals surface area contributed by atoms with E-state index in [4.69, 9.17) is 4.74 Å². The zero-order valence-corrected chi connectivity index (χ0v) is 12.2. The second-order valence-corrected chi connectivity index (χ2v) is 6.08. The monoisotopic (exact) mass is 288 g/mol. The number of carbonyl (C=O) groups is 1. The second kappa shape index (κ2) is 5.26. The van der Waals surface area contributed by atoms with Crippen molar-refractivity contribution in [2.24, 2.45) is 0 Å². The summed E-state index contributed by atoms with van der Waals surface area (Å²) >= 11 is 1.77. The molecule has 0 saturated carbocycles. The first-order valence-corrected chi connectivity index (χ1v) is 7.29. The summed E-state index contributed by atoms with van der Waals surface area (Å²) in [5.74, 6) is 0.619. The molecule has 1 aromatic heterocycles. The van der Waals surface area contributed by atoms with Crippen molar-refractivity contribution in [1.29, 1.82) is 0 Å². The van der Waals surface area contributed by atoms with E-state index in [2.05, 4.69) is 29.7 Å². The van der Waals surface area contributed by atoms with Gasteiger partial charge in [-0.15, -0.1) is 11.3 Å². The molecule has 1 aliphatic rings. The molecular weight excluding hydrogens is 272 g/mol. The third kappa shape index (κ3) is 2.42. The Hall–Kier alpha value is -1.85. The van der Waals surface area contributed by atoms with Gasteiger partial charge in [0.1, 0.15) is 5.75 Å². The number of amides is 1. The van der Waals surface area contributed by atoms with Crippen LogP contribution in [0.1, 0.15) is 21.4 Å². The Balaban J connectivity index is 1.96. The molecule has 1 unspecified atom stereocenters. The maximum absolute atomic E-state index is 11.4. The Morgan fingerprint density at radius 3 is 2.90 bits per heavy atom. The predicted octanol–water partition coefficient (Wildman–Crippen LogP) is 2.70. The summed E-state index contributed by atoms with van der Waals surface area (Å²) in [6, 6.07) is 10.3. The van der Waals surface area contributed by atoms with Gasteiger partial charge in [-0.3, -0.25) is 4.79 Å². The number of carbonyl (C=O) groups excluding carboxylic acids is 1. The lowest BCUT2D eigenvalue weighted by atomic mass is 10.0. The van der Waals surface area contributed by atoms with E-state index in [-0.39, 0.29) is 18.6 Å². The molecule has 2 heterocycles. The van der Waals surface area contributed by atoms with Crippen LogP contribution in [0, 0.1) is 6.92 Å². The van der Waals surface area contributed by atoms with Gasteiger partial charge in [-0.25, -0.2) is 0 Å². The normalized spacial score (nSPS) is 15.2. The van der Waals surface area contributed by atoms with Gasteiger partial charge in [0.15, 0.2) is 6.61 Å². The van der Waals surface area contributed by atoms with Crippen LogP contribution in [0.5, 0.6) is 5.75 Å². The lowest BCUT2D eigenvalue weighted by molar-refractivity contribution is -0.118. The molecule has 0 aliphatic carbocycles. The Morgan fingerprint density at radius 1 is 1.35 bits per heavy atom. The highest BCUT2D eigenvalue weighted by atomic mass is 32.1. The molecule has 1 aromatic carbocycles. The second-order valence-electron chi connectivity index (χ2n) is 4.76. The molecule has 0 bridgehead atoms. The molecule has 2 N–H and O–H groups in total. The average molecular weight is 288 g/mol. The zero-order valence-electron chi connectivity index (χ0n) is 11.4. The Labute approximate surface area is 121 Å². The lowest BCUT2D eigenvalue weighted by Crippen LogP contribution is -2.26. The number of fused-ring (bicyclic) bond motifs is 1. The molecule has 20 heavy (non-hydrogen) atoms. The van der Waals surface area contributed by atoms with Crippen LogP contribution in [0.2, 0.25) is 0 Å². The Bertz CT molecular complexity index is 651. The van der Waals surface area contributed by atoms with Crippen LogP contribution in [0.3, 0.4) is 0 Å². The number of thiophene rings is 1. The van der Waals surface area contributed by atoms with Crippen molar-refractivity contribution in [3.05, 3.63) is 45.6 Å². The molecule has 3 rings (SSSR count). The molecule has 1 amide bonds. The number of anilines is 1. The van der Waals surface area contributed by atoms with Gasteiger partial charge in [0.2, 0.25) is 0 Å². The summed E-state index contributed by atoms with van der Waals surface area (Å²) < 4.78 is 5.38. The number of aryl methyl sites for hydroxylation is 1. The fourth-order valence-electron chi connectivity index (χ4n) is 2.36. The number of hydrogen-bond acceptors (Lipinski definition) is 4. The van der Waals surface area contributed by atoms with Gasteiger partial charge in [0, 0.05) is 9.75 Å². The van der Waals surface area contributed by atoms with Crippen LogP contribution < -0.4 is 15.4 Å². The van der Waals surface area contributed by atoms with E-state index in [1.807, 2.05) is 25.2 Å². The minimum absolute atomic E-state index is 0.0892. The topological polar surface area (TPSA) is 50.4 Å². The van der Waals surface area contributed by atoms with E-state index in [1.54, 1.807) is 11.3 Å². The van der Waals surface area contributed by atoms with Crippen LogP contribution in [-0.4, -0.2) is 19.6 Å². The standard InChI is InChI=1S/C15H16N2O2S/c1-9-3-6-13(20-9)15(16-2)10-4-5-12-11(7-10)17-14(18)8-19-12/h3-7,15-16H,8H2,1-2H3,(H,17,18). The number of nitrogens with one attached hydrogen (secondary N) is 2. The summed E-state index contributed by atoms with van der Waals surface area (Å²) in [5, 5.41) is 6.17. The van der Waals surface area contributed by atoms with Gasteiger partial charge < -0.3 is 15.4 Å². The van der Waals surface area contributed by atoms with Gasteiger partial charge in [0.25, 0.3) is 5.91 Å². The number of ether oxygens (including phenoxy) is 1. The molecule has 0 spiro atoms. The van der Waals surface area contributed by atoms with E-state index in [1.165, 1.54) is 9.75 Å². The largest absolute Gasteiger partial charge is 0.482 e. The van der Waals surface area contributed by atoms with E-state index in [0.29, 0.717) is 0 Å².